The molecule has 2 nitrogen and oxygen atoms in total. The van der Waals surface area contributed by atoms with E-state index in [0.717, 1.165) is 9.72 Å². The Balaban J connectivity index is 2.05. The summed E-state index contributed by atoms with van der Waals surface area (Å²) in [6, 6.07) is 8.90. The summed E-state index contributed by atoms with van der Waals surface area (Å²) in [6.45, 7) is 3.03. The number of hydrogen-bond donors (Lipinski definition) is 1. The number of piperidine rings is 1. The Bertz CT molecular complexity index is 378. The van der Waals surface area contributed by atoms with E-state index in [1.54, 1.807) is 0 Å². The number of nitrogens with zero attached hydrogens (tertiary/aromatic N) is 1. The van der Waals surface area contributed by atoms with Gasteiger partial charge in [0.2, 0.25) is 0 Å². The molecule has 1 aliphatic rings. The van der Waals surface area contributed by atoms with Crippen molar-refractivity contribution in [3.05, 3.63) is 34.3 Å². The number of thioether (sulfide) groups is 1. The minimum atomic E-state index is 0.366. The van der Waals surface area contributed by atoms with Crippen molar-refractivity contribution in [2.45, 2.75) is 24.1 Å². The fourth-order valence-electron chi connectivity index (χ4n) is 2.63. The van der Waals surface area contributed by atoms with Crippen molar-refractivity contribution in [1.29, 1.82) is 0 Å². The van der Waals surface area contributed by atoms with Gasteiger partial charge < -0.3 is 5.73 Å². The first-order valence-electron chi connectivity index (χ1n) is 6.47. The Morgan fingerprint density at radius 2 is 2.17 bits per heavy atom. The smallest absolute Gasteiger partial charge is 0.0470 e. The van der Waals surface area contributed by atoms with Crippen LogP contribution in [0.25, 0.3) is 0 Å². The zero-order valence-corrected chi connectivity index (χ0v) is 13.2. The lowest BCUT2D eigenvalue weighted by Gasteiger charge is -2.37. The Morgan fingerprint density at radius 3 is 2.72 bits per heavy atom. The molecule has 0 saturated carbocycles. The molecule has 1 aliphatic heterocycles. The van der Waals surface area contributed by atoms with Crippen LogP contribution in [0.4, 0.5) is 0 Å². The molecule has 2 N–H and O–H groups in total. The first-order chi connectivity index (χ1) is 8.74. The van der Waals surface area contributed by atoms with Gasteiger partial charge in [-0.2, -0.15) is 11.8 Å². The van der Waals surface area contributed by atoms with Crippen molar-refractivity contribution in [3.8, 4) is 0 Å². The summed E-state index contributed by atoms with van der Waals surface area (Å²) < 4.78 is 1.14. The van der Waals surface area contributed by atoms with Crippen LogP contribution in [0.15, 0.2) is 28.7 Å². The monoisotopic (exact) mass is 328 g/mol. The second kappa shape index (κ2) is 6.94. The summed E-state index contributed by atoms with van der Waals surface area (Å²) in [7, 11) is 0. The van der Waals surface area contributed by atoms with Gasteiger partial charge in [0.15, 0.2) is 0 Å². The van der Waals surface area contributed by atoms with Gasteiger partial charge in [-0.25, -0.2) is 0 Å². The zero-order chi connectivity index (χ0) is 13.0. The number of nitrogens with two attached hydrogens (primary N) is 1. The maximum atomic E-state index is 5.99. The summed E-state index contributed by atoms with van der Waals surface area (Å²) in [5.74, 6) is 0. The van der Waals surface area contributed by atoms with Gasteiger partial charge in [0.1, 0.15) is 0 Å². The van der Waals surface area contributed by atoms with Crippen LogP contribution < -0.4 is 5.73 Å². The molecule has 1 heterocycles. The fourth-order valence-corrected chi connectivity index (χ4v) is 3.73. The van der Waals surface area contributed by atoms with Gasteiger partial charge in [0.25, 0.3) is 0 Å². The van der Waals surface area contributed by atoms with E-state index in [9.17, 15) is 0 Å². The van der Waals surface area contributed by atoms with Gasteiger partial charge in [-0.15, -0.1) is 0 Å². The van der Waals surface area contributed by atoms with E-state index >= 15 is 0 Å². The normalized spacial score (nSPS) is 19.9. The Hall–Kier alpha value is -0.0300. The van der Waals surface area contributed by atoms with E-state index in [1.165, 1.54) is 31.5 Å². The summed E-state index contributed by atoms with van der Waals surface area (Å²) >= 11 is 5.54. The van der Waals surface area contributed by atoms with Crippen LogP contribution in [0.5, 0.6) is 0 Å². The SMILES string of the molecule is CSC1CCN(C(CN)c2cccc(Br)c2)CC1. The molecule has 18 heavy (non-hydrogen) atoms. The van der Waals surface area contributed by atoms with Crippen molar-refractivity contribution in [1.82, 2.24) is 4.90 Å². The van der Waals surface area contributed by atoms with Gasteiger partial charge >= 0.3 is 0 Å². The highest BCUT2D eigenvalue weighted by Gasteiger charge is 2.24. The molecule has 0 radical (unpaired) electrons. The summed E-state index contributed by atoms with van der Waals surface area (Å²) in [5.41, 5.74) is 7.32. The number of halogens is 1. The Kier molecular flexibility index (Phi) is 5.55. The van der Waals surface area contributed by atoms with Gasteiger partial charge in [0, 0.05) is 22.3 Å². The largest absolute Gasteiger partial charge is 0.329 e. The van der Waals surface area contributed by atoms with Crippen molar-refractivity contribution in [2.75, 3.05) is 25.9 Å². The lowest BCUT2D eigenvalue weighted by atomic mass is 10.0. The number of hydrogen-bond acceptors (Lipinski definition) is 3. The van der Waals surface area contributed by atoms with Gasteiger partial charge in [-0.05, 0) is 49.9 Å². The van der Waals surface area contributed by atoms with Crippen molar-refractivity contribution in [2.24, 2.45) is 5.73 Å². The van der Waals surface area contributed by atoms with Crippen molar-refractivity contribution >= 4 is 27.7 Å². The Labute approximate surface area is 122 Å². The molecule has 0 bridgehead atoms. The van der Waals surface area contributed by atoms with Crippen LogP contribution in [0.2, 0.25) is 0 Å². The van der Waals surface area contributed by atoms with Crippen LogP contribution in [0.1, 0.15) is 24.4 Å². The first kappa shape index (κ1) is 14.4. The van der Waals surface area contributed by atoms with Gasteiger partial charge in [-0.3, -0.25) is 4.90 Å². The standard InChI is InChI=1S/C14H21BrN2S/c1-18-13-5-7-17(8-6-13)14(10-16)11-3-2-4-12(15)9-11/h2-4,9,13-14H,5-8,10,16H2,1H3. The molecule has 1 saturated heterocycles. The van der Waals surface area contributed by atoms with Gasteiger partial charge in [-0.1, -0.05) is 28.1 Å². The molecular formula is C14H21BrN2S. The molecule has 1 unspecified atom stereocenters. The first-order valence-corrected chi connectivity index (χ1v) is 8.55. The lowest BCUT2D eigenvalue weighted by Crippen LogP contribution is -2.40. The minimum Gasteiger partial charge on any atom is -0.329 e. The highest BCUT2D eigenvalue weighted by molar-refractivity contribution is 9.10. The molecule has 1 fully saturated rings. The van der Waals surface area contributed by atoms with Crippen molar-refractivity contribution in [3.63, 3.8) is 0 Å². The molecule has 2 rings (SSSR count). The highest BCUT2D eigenvalue weighted by atomic mass is 79.9. The zero-order valence-electron chi connectivity index (χ0n) is 10.8. The third-order valence-electron chi connectivity index (χ3n) is 3.71. The lowest BCUT2D eigenvalue weighted by molar-refractivity contribution is 0.170. The number of rotatable bonds is 4. The molecule has 100 valence electrons. The molecular weight excluding hydrogens is 308 g/mol. The predicted molar refractivity (Wildman–Crippen MR) is 84.0 cm³/mol. The molecule has 1 aromatic carbocycles. The molecule has 0 spiro atoms. The molecule has 1 aromatic rings. The van der Waals surface area contributed by atoms with E-state index in [2.05, 4.69) is 51.4 Å². The second-order valence-electron chi connectivity index (χ2n) is 4.78. The number of likely N-dealkylation sites (tertiary alicyclic amines) is 1. The third-order valence-corrected chi connectivity index (χ3v) is 5.34. The van der Waals surface area contributed by atoms with E-state index in [0.29, 0.717) is 12.6 Å². The van der Waals surface area contributed by atoms with Crippen LogP contribution in [-0.4, -0.2) is 36.0 Å². The third kappa shape index (κ3) is 3.50. The van der Waals surface area contributed by atoms with Crippen LogP contribution in [0.3, 0.4) is 0 Å². The predicted octanol–water partition coefficient (Wildman–Crippen LogP) is 3.28. The minimum absolute atomic E-state index is 0.366. The molecule has 0 amide bonds. The average molecular weight is 329 g/mol. The maximum Gasteiger partial charge on any atom is 0.0470 e. The average Bonchev–Trinajstić information content (AvgIpc) is 2.40. The molecule has 1 atom stereocenters. The molecule has 4 heteroatoms. The Morgan fingerprint density at radius 1 is 1.44 bits per heavy atom. The topological polar surface area (TPSA) is 29.3 Å². The van der Waals surface area contributed by atoms with Crippen LogP contribution >= 0.6 is 27.7 Å². The van der Waals surface area contributed by atoms with Crippen molar-refractivity contribution < 1.29 is 0 Å². The second-order valence-corrected chi connectivity index (χ2v) is 6.83. The summed E-state index contributed by atoms with van der Waals surface area (Å²) in [5, 5.41) is 0.835. The number of benzene rings is 1. The highest BCUT2D eigenvalue weighted by Crippen LogP contribution is 2.28. The van der Waals surface area contributed by atoms with Gasteiger partial charge in [0.05, 0.1) is 0 Å². The molecule has 0 aliphatic carbocycles. The fraction of sp³-hybridized carbons (Fsp3) is 0.571. The summed E-state index contributed by atoms with van der Waals surface area (Å²) in [6.07, 6.45) is 4.78. The van der Waals surface area contributed by atoms with Crippen LogP contribution in [0, 0.1) is 0 Å². The van der Waals surface area contributed by atoms with Crippen LogP contribution in [-0.2, 0) is 0 Å². The van der Waals surface area contributed by atoms with E-state index < -0.39 is 0 Å². The quantitative estimate of drug-likeness (QED) is 0.919. The van der Waals surface area contributed by atoms with E-state index in [-0.39, 0.29) is 0 Å². The maximum absolute atomic E-state index is 5.99. The van der Waals surface area contributed by atoms with E-state index in [4.69, 9.17) is 5.73 Å². The molecule has 0 aromatic heterocycles. The summed E-state index contributed by atoms with van der Waals surface area (Å²) in [4.78, 5) is 2.54. The van der Waals surface area contributed by atoms with E-state index in [1.807, 2.05) is 11.8 Å².